The average Bonchev–Trinajstić information content (AvgIpc) is 2.88. The summed E-state index contributed by atoms with van der Waals surface area (Å²) in [6.45, 7) is 6.98. The van der Waals surface area contributed by atoms with Crippen molar-refractivity contribution in [2.75, 3.05) is 0 Å². The van der Waals surface area contributed by atoms with Crippen molar-refractivity contribution in [2.45, 2.75) is 27.7 Å². The Balaban J connectivity index is 1.94. The van der Waals surface area contributed by atoms with Gasteiger partial charge >= 0.3 is 5.97 Å². The van der Waals surface area contributed by atoms with Crippen LogP contribution in [-0.2, 0) is 4.79 Å². The van der Waals surface area contributed by atoms with E-state index in [2.05, 4.69) is 0 Å². The maximum Gasteiger partial charge on any atom is 0.316 e. The molecular formula is C21H19FO4. The van der Waals surface area contributed by atoms with Crippen LogP contribution in [0.2, 0.25) is 0 Å². The Morgan fingerprint density at radius 3 is 2.50 bits per heavy atom. The van der Waals surface area contributed by atoms with E-state index >= 15 is 0 Å². The van der Waals surface area contributed by atoms with Gasteiger partial charge in [-0.25, -0.2) is 4.39 Å². The molecule has 0 spiro atoms. The van der Waals surface area contributed by atoms with Crippen LogP contribution in [0, 0.1) is 18.2 Å². The summed E-state index contributed by atoms with van der Waals surface area (Å²) in [6, 6.07) is 9.25. The van der Waals surface area contributed by atoms with Crippen LogP contribution in [0.5, 0.6) is 11.5 Å². The summed E-state index contributed by atoms with van der Waals surface area (Å²) in [5, 5.41) is 0. The molecule has 0 aromatic heterocycles. The van der Waals surface area contributed by atoms with Crippen molar-refractivity contribution < 1.29 is 23.5 Å². The molecule has 1 aliphatic rings. The van der Waals surface area contributed by atoms with Crippen molar-refractivity contribution in [1.29, 1.82) is 0 Å². The number of hydrogen-bond donors (Lipinski definition) is 0. The summed E-state index contributed by atoms with van der Waals surface area (Å²) in [5.74, 6) is -0.455. The molecule has 5 heteroatoms. The van der Waals surface area contributed by atoms with Crippen LogP contribution < -0.4 is 9.47 Å². The number of rotatable bonds is 2. The lowest BCUT2D eigenvalue weighted by molar-refractivity contribution is -0.143. The van der Waals surface area contributed by atoms with Gasteiger partial charge in [-0.3, -0.25) is 9.59 Å². The third-order valence-corrected chi connectivity index (χ3v) is 4.04. The number of allylic oxidation sites excluding steroid dienone is 1. The second-order valence-corrected chi connectivity index (χ2v) is 7.17. The van der Waals surface area contributed by atoms with E-state index in [1.165, 1.54) is 12.1 Å². The van der Waals surface area contributed by atoms with Gasteiger partial charge in [0.25, 0.3) is 0 Å². The lowest BCUT2D eigenvalue weighted by Gasteiger charge is -2.17. The SMILES string of the molecule is Cc1c(OC(=O)C(C)(C)C)ccc2c1O/C(=C\c1ccccc1F)C2=O. The van der Waals surface area contributed by atoms with Crippen LogP contribution in [0.1, 0.15) is 42.3 Å². The van der Waals surface area contributed by atoms with Crippen LogP contribution in [0.3, 0.4) is 0 Å². The Kier molecular flexibility index (Phi) is 4.40. The first-order chi connectivity index (χ1) is 12.2. The molecule has 134 valence electrons. The highest BCUT2D eigenvalue weighted by atomic mass is 19.1. The zero-order valence-corrected chi connectivity index (χ0v) is 15.1. The molecule has 0 saturated heterocycles. The number of carbonyl (C=O) groups excluding carboxylic acids is 2. The minimum atomic E-state index is -0.655. The van der Waals surface area contributed by atoms with Crippen LogP contribution in [-0.4, -0.2) is 11.8 Å². The molecule has 1 heterocycles. The monoisotopic (exact) mass is 354 g/mol. The lowest BCUT2D eigenvalue weighted by Crippen LogP contribution is -2.25. The fraction of sp³-hybridized carbons (Fsp3) is 0.238. The molecule has 0 amide bonds. The van der Waals surface area contributed by atoms with E-state index < -0.39 is 11.2 Å². The zero-order chi connectivity index (χ0) is 19.1. The molecule has 0 N–H and O–H groups in total. The van der Waals surface area contributed by atoms with Gasteiger partial charge in [0, 0.05) is 11.1 Å². The molecule has 0 atom stereocenters. The van der Waals surface area contributed by atoms with Crippen molar-refractivity contribution in [3.8, 4) is 11.5 Å². The highest BCUT2D eigenvalue weighted by molar-refractivity contribution is 6.15. The van der Waals surface area contributed by atoms with Gasteiger partial charge in [0.05, 0.1) is 11.0 Å². The van der Waals surface area contributed by atoms with E-state index in [9.17, 15) is 14.0 Å². The zero-order valence-electron chi connectivity index (χ0n) is 15.1. The number of benzene rings is 2. The number of hydrogen-bond acceptors (Lipinski definition) is 4. The Hall–Kier alpha value is -2.95. The molecule has 0 bridgehead atoms. The second-order valence-electron chi connectivity index (χ2n) is 7.17. The molecule has 2 aromatic carbocycles. The lowest BCUT2D eigenvalue weighted by atomic mass is 9.97. The van der Waals surface area contributed by atoms with Crippen LogP contribution in [0.25, 0.3) is 6.08 Å². The molecule has 0 fully saturated rings. The molecule has 0 aliphatic carbocycles. The van der Waals surface area contributed by atoms with E-state index in [0.717, 1.165) is 0 Å². The van der Waals surface area contributed by atoms with Gasteiger partial charge in [0.1, 0.15) is 17.3 Å². The molecule has 3 rings (SSSR count). The highest BCUT2D eigenvalue weighted by Gasteiger charge is 2.32. The van der Waals surface area contributed by atoms with Gasteiger partial charge in [0.2, 0.25) is 5.78 Å². The van der Waals surface area contributed by atoms with E-state index in [-0.39, 0.29) is 23.1 Å². The maximum absolute atomic E-state index is 13.8. The van der Waals surface area contributed by atoms with Gasteiger partial charge in [-0.2, -0.15) is 0 Å². The van der Waals surface area contributed by atoms with Crippen molar-refractivity contribution >= 4 is 17.8 Å². The van der Waals surface area contributed by atoms with E-state index in [4.69, 9.17) is 9.47 Å². The topological polar surface area (TPSA) is 52.6 Å². The molecule has 2 aromatic rings. The highest BCUT2D eigenvalue weighted by Crippen LogP contribution is 2.39. The molecule has 0 unspecified atom stereocenters. The standard InChI is InChI=1S/C21H19FO4/c1-12-16(26-20(24)21(2,3)4)10-9-14-18(23)17(25-19(12)14)11-13-7-5-6-8-15(13)22/h5-11H,1-4H3/b17-11-. The van der Waals surface area contributed by atoms with Crippen molar-refractivity contribution in [1.82, 2.24) is 0 Å². The number of halogens is 1. The third-order valence-electron chi connectivity index (χ3n) is 4.04. The molecule has 0 radical (unpaired) electrons. The molecule has 0 saturated carbocycles. The van der Waals surface area contributed by atoms with E-state index in [0.29, 0.717) is 22.6 Å². The quantitative estimate of drug-likeness (QED) is 0.446. The van der Waals surface area contributed by atoms with Gasteiger partial charge < -0.3 is 9.47 Å². The molecule has 26 heavy (non-hydrogen) atoms. The number of Topliss-reactive ketones (excluding diaryl/α,β-unsaturated/α-hetero) is 1. The number of fused-ring (bicyclic) bond motifs is 1. The molecule has 1 aliphatic heterocycles. The number of ether oxygens (including phenoxy) is 2. The largest absolute Gasteiger partial charge is 0.452 e. The fourth-order valence-electron chi connectivity index (χ4n) is 2.46. The summed E-state index contributed by atoms with van der Waals surface area (Å²) in [6.07, 6.45) is 1.37. The van der Waals surface area contributed by atoms with E-state index in [1.807, 2.05) is 0 Å². The summed E-state index contributed by atoms with van der Waals surface area (Å²) in [5.41, 5.74) is 0.518. The van der Waals surface area contributed by atoms with Gasteiger partial charge in [-0.1, -0.05) is 18.2 Å². The maximum atomic E-state index is 13.8. The average molecular weight is 354 g/mol. The van der Waals surface area contributed by atoms with Crippen LogP contribution in [0.15, 0.2) is 42.2 Å². The summed E-state index contributed by atoms with van der Waals surface area (Å²) in [4.78, 5) is 24.6. The minimum absolute atomic E-state index is 0.0347. The third kappa shape index (κ3) is 3.25. The Labute approximate surface area is 151 Å². The van der Waals surface area contributed by atoms with Crippen LogP contribution >= 0.6 is 0 Å². The normalized spacial score (nSPS) is 15.0. The number of carbonyl (C=O) groups is 2. The second kappa shape index (κ2) is 6.41. The number of esters is 1. The van der Waals surface area contributed by atoms with Crippen LogP contribution in [0.4, 0.5) is 4.39 Å². The first kappa shape index (κ1) is 17.9. The Bertz CT molecular complexity index is 936. The van der Waals surface area contributed by atoms with Crippen molar-refractivity contribution in [3.05, 3.63) is 64.7 Å². The van der Waals surface area contributed by atoms with Gasteiger partial charge in [-0.15, -0.1) is 0 Å². The fourth-order valence-corrected chi connectivity index (χ4v) is 2.46. The minimum Gasteiger partial charge on any atom is -0.452 e. The van der Waals surface area contributed by atoms with Crippen molar-refractivity contribution in [2.24, 2.45) is 5.41 Å². The predicted octanol–water partition coefficient (Wildman–Crippen LogP) is 4.70. The first-order valence-electron chi connectivity index (χ1n) is 8.23. The summed E-state index contributed by atoms with van der Waals surface area (Å²) >= 11 is 0. The smallest absolute Gasteiger partial charge is 0.316 e. The summed E-state index contributed by atoms with van der Waals surface area (Å²) in [7, 11) is 0. The van der Waals surface area contributed by atoms with Gasteiger partial charge in [-0.05, 0) is 52.0 Å². The van der Waals surface area contributed by atoms with E-state index in [1.54, 1.807) is 58.0 Å². The van der Waals surface area contributed by atoms with Gasteiger partial charge in [0.15, 0.2) is 5.76 Å². The molecule has 4 nitrogen and oxygen atoms in total. The Morgan fingerprint density at radius 1 is 1.15 bits per heavy atom. The predicted molar refractivity (Wildman–Crippen MR) is 95.6 cm³/mol. The van der Waals surface area contributed by atoms with Crippen molar-refractivity contribution in [3.63, 3.8) is 0 Å². The first-order valence-corrected chi connectivity index (χ1v) is 8.23. The summed E-state index contributed by atoms with van der Waals surface area (Å²) < 4.78 is 24.9. The molecular weight excluding hydrogens is 335 g/mol. The number of ketones is 1. The Morgan fingerprint density at radius 2 is 1.85 bits per heavy atom.